The van der Waals surface area contributed by atoms with E-state index < -0.39 is 5.41 Å². The smallest absolute Gasteiger partial charge is 0.338 e. The fourth-order valence-corrected chi connectivity index (χ4v) is 4.39. The van der Waals surface area contributed by atoms with Crippen LogP contribution < -0.4 is 4.74 Å². The minimum absolute atomic E-state index is 0.0651. The van der Waals surface area contributed by atoms with Crippen molar-refractivity contribution in [2.45, 2.75) is 45.4 Å². The van der Waals surface area contributed by atoms with Gasteiger partial charge in [0.1, 0.15) is 5.75 Å². The van der Waals surface area contributed by atoms with Crippen LogP contribution in [0.1, 0.15) is 55.1 Å². The third kappa shape index (κ3) is 6.83. The summed E-state index contributed by atoms with van der Waals surface area (Å²) < 4.78 is 15.7. The Morgan fingerprint density at radius 1 is 1.03 bits per heavy atom. The molecule has 0 fully saturated rings. The maximum absolute atomic E-state index is 13.1. The lowest BCUT2D eigenvalue weighted by Crippen LogP contribution is -2.42. The highest BCUT2D eigenvalue weighted by atomic mass is 16.5. The van der Waals surface area contributed by atoms with E-state index in [1.807, 2.05) is 48.5 Å². The van der Waals surface area contributed by atoms with Gasteiger partial charge in [0, 0.05) is 6.54 Å². The van der Waals surface area contributed by atoms with Gasteiger partial charge in [-0.3, -0.25) is 4.79 Å². The van der Waals surface area contributed by atoms with Crippen LogP contribution in [0.2, 0.25) is 0 Å². The van der Waals surface area contributed by atoms with Crippen LogP contribution in [0.15, 0.2) is 48.5 Å². The Labute approximate surface area is 204 Å². The van der Waals surface area contributed by atoms with Crippen molar-refractivity contribution in [3.05, 3.63) is 65.2 Å². The van der Waals surface area contributed by atoms with Gasteiger partial charge in [-0.15, -0.1) is 0 Å². The molecular formula is C28H39NO5. The summed E-state index contributed by atoms with van der Waals surface area (Å²) in [5, 5.41) is 0. The van der Waals surface area contributed by atoms with Gasteiger partial charge in [0.2, 0.25) is 0 Å². The fraction of sp³-hybridized carbons (Fsp3) is 0.500. The molecule has 1 atom stereocenters. The van der Waals surface area contributed by atoms with Crippen LogP contribution in [0.3, 0.4) is 0 Å². The maximum atomic E-state index is 13.1. The van der Waals surface area contributed by atoms with E-state index in [0.717, 1.165) is 37.2 Å². The highest BCUT2D eigenvalue weighted by molar-refractivity contribution is 5.89. The topological polar surface area (TPSA) is 65.1 Å². The first-order chi connectivity index (χ1) is 16.3. The molecule has 186 valence electrons. The molecule has 0 amide bonds. The van der Waals surface area contributed by atoms with E-state index >= 15 is 0 Å². The van der Waals surface area contributed by atoms with Crippen molar-refractivity contribution < 1.29 is 23.8 Å². The quantitative estimate of drug-likeness (QED) is 0.389. The van der Waals surface area contributed by atoms with Gasteiger partial charge in [-0.2, -0.15) is 0 Å². The van der Waals surface area contributed by atoms with Gasteiger partial charge in [-0.1, -0.05) is 38.1 Å². The molecule has 2 aromatic rings. The molecule has 0 bridgehead atoms. The highest BCUT2D eigenvalue weighted by Gasteiger charge is 2.44. The lowest BCUT2D eigenvalue weighted by Gasteiger charge is -2.36. The molecule has 0 aliphatic heterocycles. The highest BCUT2D eigenvalue weighted by Crippen LogP contribution is 2.39. The number of hydrogen-bond donors (Lipinski definition) is 0. The van der Waals surface area contributed by atoms with Gasteiger partial charge < -0.3 is 19.1 Å². The van der Waals surface area contributed by atoms with Crippen LogP contribution in [0.25, 0.3) is 0 Å². The predicted octanol–water partition coefficient (Wildman–Crippen LogP) is 4.89. The molecule has 0 spiro atoms. The SMILES string of the molecule is CCOC(=O)c1ccc(CCN(C)CCCC(C(=O)OC)(c2cccc(OC)c2)C(C)C)cc1. The standard InChI is InChI=1S/C28H39NO5/c1-7-34-26(30)23-14-12-22(13-15-23)16-19-29(4)18-9-17-28(21(2)3,27(31)33-6)24-10-8-11-25(20-24)32-5/h8,10-15,20-21H,7,9,16-19H2,1-6H3. The molecule has 34 heavy (non-hydrogen) atoms. The number of methoxy groups -OCH3 is 2. The molecule has 0 aromatic heterocycles. The van der Waals surface area contributed by atoms with Crippen molar-refractivity contribution in [3.8, 4) is 5.75 Å². The Balaban J connectivity index is 2.00. The molecule has 2 aromatic carbocycles. The molecule has 0 aliphatic rings. The van der Waals surface area contributed by atoms with Crippen molar-refractivity contribution in [2.75, 3.05) is 41.0 Å². The Kier molecular flexibility index (Phi) is 10.6. The van der Waals surface area contributed by atoms with Gasteiger partial charge in [-0.25, -0.2) is 4.79 Å². The van der Waals surface area contributed by atoms with Crippen LogP contribution in [0.4, 0.5) is 0 Å². The zero-order valence-corrected chi connectivity index (χ0v) is 21.4. The number of ether oxygens (including phenoxy) is 3. The molecule has 0 N–H and O–H groups in total. The summed E-state index contributed by atoms with van der Waals surface area (Å²) in [5.41, 5.74) is 1.94. The van der Waals surface area contributed by atoms with E-state index in [2.05, 4.69) is 25.8 Å². The summed E-state index contributed by atoms with van der Waals surface area (Å²) in [6, 6.07) is 15.3. The third-order valence-corrected chi connectivity index (χ3v) is 6.48. The minimum Gasteiger partial charge on any atom is -0.497 e. The first-order valence-corrected chi connectivity index (χ1v) is 12.0. The minimum atomic E-state index is -0.729. The lowest BCUT2D eigenvalue weighted by molar-refractivity contribution is -0.150. The summed E-state index contributed by atoms with van der Waals surface area (Å²) >= 11 is 0. The number of esters is 2. The molecule has 0 saturated carbocycles. The van der Waals surface area contributed by atoms with Gasteiger partial charge in [0.15, 0.2) is 0 Å². The van der Waals surface area contributed by atoms with Gasteiger partial charge in [-0.05, 0) is 81.1 Å². The predicted molar refractivity (Wildman–Crippen MR) is 134 cm³/mol. The summed E-state index contributed by atoms with van der Waals surface area (Å²) in [6.07, 6.45) is 2.41. The number of rotatable bonds is 13. The van der Waals surface area contributed by atoms with E-state index in [1.165, 1.54) is 12.7 Å². The average Bonchev–Trinajstić information content (AvgIpc) is 2.85. The van der Waals surface area contributed by atoms with E-state index in [4.69, 9.17) is 14.2 Å². The van der Waals surface area contributed by atoms with Crippen LogP contribution in [-0.4, -0.2) is 57.8 Å². The monoisotopic (exact) mass is 469 g/mol. The molecule has 6 heteroatoms. The number of likely N-dealkylation sites (N-methyl/N-ethyl adjacent to an activating group) is 1. The van der Waals surface area contributed by atoms with E-state index in [0.29, 0.717) is 18.6 Å². The number of carbonyl (C=O) groups is 2. The van der Waals surface area contributed by atoms with E-state index in [-0.39, 0.29) is 17.9 Å². The van der Waals surface area contributed by atoms with Crippen molar-refractivity contribution in [1.82, 2.24) is 4.90 Å². The van der Waals surface area contributed by atoms with Gasteiger partial charge >= 0.3 is 11.9 Å². The van der Waals surface area contributed by atoms with Crippen LogP contribution >= 0.6 is 0 Å². The van der Waals surface area contributed by atoms with E-state index in [1.54, 1.807) is 14.0 Å². The Hall–Kier alpha value is -2.86. The van der Waals surface area contributed by atoms with E-state index in [9.17, 15) is 9.59 Å². The van der Waals surface area contributed by atoms with Crippen molar-refractivity contribution in [2.24, 2.45) is 5.92 Å². The Morgan fingerprint density at radius 3 is 2.32 bits per heavy atom. The third-order valence-electron chi connectivity index (χ3n) is 6.48. The van der Waals surface area contributed by atoms with Crippen LogP contribution in [0.5, 0.6) is 5.75 Å². The average molecular weight is 470 g/mol. The van der Waals surface area contributed by atoms with Crippen molar-refractivity contribution in [1.29, 1.82) is 0 Å². The summed E-state index contributed by atoms with van der Waals surface area (Å²) in [7, 11) is 5.18. The molecule has 0 heterocycles. The second-order valence-corrected chi connectivity index (χ2v) is 8.92. The molecule has 6 nitrogen and oxygen atoms in total. The maximum Gasteiger partial charge on any atom is 0.338 e. The molecule has 2 rings (SSSR count). The number of benzene rings is 2. The number of nitrogens with zero attached hydrogens (tertiary/aromatic N) is 1. The molecule has 1 unspecified atom stereocenters. The Bertz CT molecular complexity index is 925. The first-order valence-electron chi connectivity index (χ1n) is 12.0. The summed E-state index contributed by atoms with van der Waals surface area (Å²) in [4.78, 5) is 27.1. The lowest BCUT2D eigenvalue weighted by atomic mass is 9.68. The molecular weight excluding hydrogens is 430 g/mol. The van der Waals surface area contributed by atoms with Crippen molar-refractivity contribution in [3.63, 3.8) is 0 Å². The summed E-state index contributed by atoms with van der Waals surface area (Å²) in [6.45, 7) is 8.05. The van der Waals surface area contributed by atoms with Crippen LogP contribution in [0, 0.1) is 5.92 Å². The Morgan fingerprint density at radius 2 is 1.74 bits per heavy atom. The zero-order valence-electron chi connectivity index (χ0n) is 21.4. The molecule has 0 saturated heterocycles. The number of carbonyl (C=O) groups excluding carboxylic acids is 2. The fourth-order valence-electron chi connectivity index (χ4n) is 4.39. The summed E-state index contributed by atoms with van der Waals surface area (Å²) in [5.74, 6) is 0.300. The largest absolute Gasteiger partial charge is 0.497 e. The van der Waals surface area contributed by atoms with Gasteiger partial charge in [0.25, 0.3) is 0 Å². The van der Waals surface area contributed by atoms with Crippen LogP contribution in [-0.2, 0) is 26.1 Å². The number of hydrogen-bond acceptors (Lipinski definition) is 6. The second-order valence-electron chi connectivity index (χ2n) is 8.92. The first kappa shape index (κ1) is 27.4. The van der Waals surface area contributed by atoms with Crippen molar-refractivity contribution >= 4 is 11.9 Å². The molecule has 0 radical (unpaired) electrons. The zero-order chi connectivity index (χ0) is 25.1. The second kappa shape index (κ2) is 13.1. The molecule has 0 aliphatic carbocycles. The normalized spacial score (nSPS) is 12.9. The van der Waals surface area contributed by atoms with Gasteiger partial charge in [0.05, 0.1) is 31.8 Å².